The minimum absolute atomic E-state index is 0.0568. The van der Waals surface area contributed by atoms with Gasteiger partial charge in [0.15, 0.2) is 0 Å². The van der Waals surface area contributed by atoms with Crippen LogP contribution in [-0.2, 0) is 4.79 Å². The van der Waals surface area contributed by atoms with Gasteiger partial charge < -0.3 is 15.7 Å². The molecule has 1 saturated heterocycles. The number of rotatable bonds is 4. The molecule has 9 heteroatoms. The van der Waals surface area contributed by atoms with Gasteiger partial charge in [-0.05, 0) is 13.0 Å². The first-order valence-corrected chi connectivity index (χ1v) is 6.61. The van der Waals surface area contributed by atoms with Crippen LogP contribution in [0.15, 0.2) is 15.8 Å². The number of nitrogens with one attached hydrogen (secondary N) is 1. The van der Waals surface area contributed by atoms with E-state index in [1.165, 1.54) is 4.90 Å². The van der Waals surface area contributed by atoms with E-state index in [0.29, 0.717) is 13.0 Å². The normalized spacial score (nSPS) is 21.8. The van der Waals surface area contributed by atoms with Gasteiger partial charge in [0.2, 0.25) is 11.7 Å². The molecule has 0 radical (unpaired) electrons. The van der Waals surface area contributed by atoms with Crippen LogP contribution in [0.2, 0.25) is 0 Å². The van der Waals surface area contributed by atoms with Crippen LogP contribution >= 0.6 is 0 Å². The molecule has 2 heterocycles. The van der Waals surface area contributed by atoms with E-state index < -0.39 is 29.2 Å². The number of aliphatic hydroxyl groups is 1. The number of likely N-dealkylation sites (tertiary alicyclic amines) is 1. The molecule has 1 aliphatic rings. The summed E-state index contributed by atoms with van der Waals surface area (Å²) in [5.74, 6) is -1.30. The second-order valence-corrected chi connectivity index (χ2v) is 4.97. The van der Waals surface area contributed by atoms with Crippen LogP contribution in [0, 0.1) is 5.82 Å². The van der Waals surface area contributed by atoms with E-state index in [1.807, 2.05) is 4.98 Å². The van der Waals surface area contributed by atoms with Gasteiger partial charge in [-0.15, -0.1) is 0 Å². The van der Waals surface area contributed by atoms with Gasteiger partial charge in [0, 0.05) is 19.5 Å². The predicted octanol–water partition coefficient (Wildman–Crippen LogP) is -1.84. The Morgan fingerprint density at radius 1 is 1.48 bits per heavy atom. The summed E-state index contributed by atoms with van der Waals surface area (Å²) in [6.45, 7) is 0.521. The maximum atomic E-state index is 13.3. The SMILES string of the molecule is NCCCC(=O)N1C[C@@H](O)[C@H](n2cc(F)c(=O)[nH]c2=O)C1. The van der Waals surface area contributed by atoms with E-state index in [1.54, 1.807) is 0 Å². The number of hydrogen-bond acceptors (Lipinski definition) is 5. The van der Waals surface area contributed by atoms with Gasteiger partial charge in [-0.1, -0.05) is 0 Å². The van der Waals surface area contributed by atoms with Crippen molar-refractivity contribution in [3.63, 3.8) is 0 Å². The molecule has 2 rings (SSSR count). The number of nitrogens with zero attached hydrogens (tertiary/aromatic N) is 2. The van der Waals surface area contributed by atoms with E-state index in [4.69, 9.17) is 5.73 Å². The molecule has 0 spiro atoms. The molecule has 21 heavy (non-hydrogen) atoms. The van der Waals surface area contributed by atoms with Crippen LogP contribution in [0.5, 0.6) is 0 Å². The van der Waals surface area contributed by atoms with Crippen molar-refractivity contribution >= 4 is 5.91 Å². The smallest absolute Gasteiger partial charge is 0.328 e. The molecule has 0 saturated carbocycles. The summed E-state index contributed by atoms with van der Waals surface area (Å²) in [4.78, 5) is 37.8. The molecule has 2 atom stereocenters. The van der Waals surface area contributed by atoms with Crippen molar-refractivity contribution in [3.05, 3.63) is 32.9 Å². The molecular weight excluding hydrogens is 283 g/mol. The van der Waals surface area contributed by atoms with E-state index in [2.05, 4.69) is 0 Å². The number of β-amino-alcohol motifs (C(OH)–C–C–N with tert-alkyl or cyclic N) is 1. The lowest BCUT2D eigenvalue weighted by atomic mass is 10.2. The summed E-state index contributed by atoms with van der Waals surface area (Å²) in [5, 5.41) is 9.98. The first-order valence-electron chi connectivity index (χ1n) is 6.61. The Hall–Kier alpha value is -2.00. The largest absolute Gasteiger partial charge is 0.389 e. The zero-order valence-electron chi connectivity index (χ0n) is 11.3. The highest BCUT2D eigenvalue weighted by Gasteiger charge is 2.35. The summed E-state index contributed by atoms with van der Waals surface area (Å²) in [6, 6.07) is -0.786. The third-order valence-electron chi connectivity index (χ3n) is 3.49. The van der Waals surface area contributed by atoms with Gasteiger partial charge in [-0.2, -0.15) is 4.39 Å². The number of aromatic nitrogens is 2. The highest BCUT2D eigenvalue weighted by atomic mass is 19.1. The molecular formula is C12H17FN4O4. The molecule has 4 N–H and O–H groups in total. The van der Waals surface area contributed by atoms with Gasteiger partial charge in [0.25, 0.3) is 5.56 Å². The summed E-state index contributed by atoms with van der Waals surface area (Å²) >= 11 is 0. The molecule has 8 nitrogen and oxygen atoms in total. The number of carbonyl (C=O) groups is 1. The lowest BCUT2D eigenvalue weighted by Crippen LogP contribution is -2.37. The molecule has 1 aromatic heterocycles. The topological polar surface area (TPSA) is 121 Å². The van der Waals surface area contributed by atoms with Crippen molar-refractivity contribution in [2.24, 2.45) is 5.73 Å². The molecule has 0 bridgehead atoms. The maximum absolute atomic E-state index is 13.3. The number of aliphatic hydroxyl groups excluding tert-OH is 1. The Balaban J connectivity index is 2.19. The number of amides is 1. The lowest BCUT2D eigenvalue weighted by molar-refractivity contribution is -0.130. The van der Waals surface area contributed by atoms with Crippen LogP contribution < -0.4 is 17.0 Å². The standard InChI is InChI=1S/C12H17FN4O4/c13-7-4-17(12(21)15-11(7)20)8-5-16(6-9(8)18)10(19)2-1-3-14/h4,8-9,18H,1-3,5-6,14H2,(H,15,20,21)/t8-,9-/m1/s1. The Bertz CT molecular complexity index is 641. The Labute approximate surface area is 119 Å². The third kappa shape index (κ3) is 3.19. The second-order valence-electron chi connectivity index (χ2n) is 4.97. The van der Waals surface area contributed by atoms with Crippen molar-refractivity contribution in [3.8, 4) is 0 Å². The van der Waals surface area contributed by atoms with Crippen LogP contribution in [0.25, 0.3) is 0 Å². The number of halogens is 1. The van der Waals surface area contributed by atoms with Gasteiger partial charge in [0.1, 0.15) is 0 Å². The number of nitrogens with two attached hydrogens (primary N) is 1. The zero-order valence-corrected chi connectivity index (χ0v) is 11.3. The quantitative estimate of drug-likeness (QED) is 0.603. The van der Waals surface area contributed by atoms with Crippen molar-refractivity contribution in [1.29, 1.82) is 0 Å². The van der Waals surface area contributed by atoms with Crippen molar-refractivity contribution in [2.45, 2.75) is 25.0 Å². The molecule has 1 aromatic rings. The van der Waals surface area contributed by atoms with Gasteiger partial charge in [0.05, 0.1) is 18.3 Å². The van der Waals surface area contributed by atoms with E-state index in [0.717, 1.165) is 10.8 Å². The number of H-pyrrole nitrogens is 1. The zero-order chi connectivity index (χ0) is 15.6. The molecule has 116 valence electrons. The highest BCUT2D eigenvalue weighted by Crippen LogP contribution is 2.21. The number of aromatic amines is 1. The van der Waals surface area contributed by atoms with Gasteiger partial charge in [-0.3, -0.25) is 19.1 Å². The van der Waals surface area contributed by atoms with Crippen molar-refractivity contribution in [2.75, 3.05) is 19.6 Å². The van der Waals surface area contributed by atoms with Crippen LogP contribution in [0.1, 0.15) is 18.9 Å². The molecule has 0 unspecified atom stereocenters. The highest BCUT2D eigenvalue weighted by molar-refractivity contribution is 5.76. The van der Waals surface area contributed by atoms with Gasteiger partial charge in [-0.25, -0.2) is 4.79 Å². The monoisotopic (exact) mass is 300 g/mol. The molecule has 1 fully saturated rings. The Morgan fingerprint density at radius 3 is 2.86 bits per heavy atom. The van der Waals surface area contributed by atoms with Crippen molar-refractivity contribution in [1.82, 2.24) is 14.5 Å². The first kappa shape index (κ1) is 15.4. The summed E-state index contributed by atoms with van der Waals surface area (Å²) < 4.78 is 14.2. The molecule has 0 aliphatic carbocycles. The fourth-order valence-electron chi connectivity index (χ4n) is 2.36. The molecule has 1 amide bonds. The third-order valence-corrected chi connectivity index (χ3v) is 3.49. The minimum Gasteiger partial charge on any atom is -0.389 e. The molecule has 1 aliphatic heterocycles. The number of carbonyl (C=O) groups excluding carboxylic acids is 1. The summed E-state index contributed by atoms with van der Waals surface area (Å²) in [5.41, 5.74) is 3.40. The van der Waals surface area contributed by atoms with E-state index in [9.17, 15) is 23.9 Å². The van der Waals surface area contributed by atoms with Crippen LogP contribution in [0.3, 0.4) is 0 Å². The fraction of sp³-hybridized carbons (Fsp3) is 0.583. The Morgan fingerprint density at radius 2 is 2.19 bits per heavy atom. The first-order chi connectivity index (χ1) is 9.93. The molecule has 0 aromatic carbocycles. The van der Waals surface area contributed by atoms with E-state index in [-0.39, 0.29) is 25.4 Å². The van der Waals surface area contributed by atoms with Crippen LogP contribution in [-0.4, -0.2) is 51.2 Å². The minimum atomic E-state index is -1.12. The summed E-state index contributed by atoms with van der Waals surface area (Å²) in [7, 11) is 0. The predicted molar refractivity (Wildman–Crippen MR) is 71.2 cm³/mol. The Kier molecular flexibility index (Phi) is 4.53. The van der Waals surface area contributed by atoms with E-state index >= 15 is 0 Å². The van der Waals surface area contributed by atoms with Crippen LogP contribution in [0.4, 0.5) is 4.39 Å². The van der Waals surface area contributed by atoms with Crippen molar-refractivity contribution < 1.29 is 14.3 Å². The second kappa shape index (κ2) is 6.19. The van der Waals surface area contributed by atoms with Gasteiger partial charge >= 0.3 is 5.69 Å². The number of hydrogen-bond donors (Lipinski definition) is 3. The average Bonchev–Trinajstić information content (AvgIpc) is 2.82. The lowest BCUT2D eigenvalue weighted by Gasteiger charge is -2.17. The average molecular weight is 300 g/mol. The summed E-state index contributed by atoms with van der Waals surface area (Å²) in [6.07, 6.45) is 0.534. The maximum Gasteiger partial charge on any atom is 0.328 e. The fourth-order valence-corrected chi connectivity index (χ4v) is 2.36.